The van der Waals surface area contributed by atoms with Gasteiger partial charge in [0.1, 0.15) is 0 Å². The molecule has 2 heterocycles. The van der Waals surface area contributed by atoms with Crippen LogP contribution in [0.4, 0.5) is 0 Å². The molecule has 1 aromatic rings. The van der Waals surface area contributed by atoms with Gasteiger partial charge in [0.05, 0.1) is 0 Å². The second kappa shape index (κ2) is 6.99. The summed E-state index contributed by atoms with van der Waals surface area (Å²) in [5, 5.41) is 0.611. The molecule has 0 aliphatic carbocycles. The van der Waals surface area contributed by atoms with Crippen molar-refractivity contribution in [2.75, 3.05) is 32.8 Å². The van der Waals surface area contributed by atoms with E-state index in [1.807, 2.05) is 17.0 Å². The Bertz CT molecular complexity index is 531. The molecule has 1 amide bonds. The van der Waals surface area contributed by atoms with Crippen LogP contribution in [0.25, 0.3) is 0 Å². The molecule has 0 N–H and O–H groups in total. The first-order valence-electron chi connectivity index (χ1n) is 8.03. The van der Waals surface area contributed by atoms with Crippen LogP contribution in [-0.2, 0) is 4.74 Å². The van der Waals surface area contributed by atoms with Crippen LogP contribution in [0, 0.1) is 0 Å². The first-order chi connectivity index (χ1) is 10.6. The van der Waals surface area contributed by atoms with E-state index < -0.39 is 0 Å². The van der Waals surface area contributed by atoms with Crippen LogP contribution >= 0.6 is 11.6 Å². The van der Waals surface area contributed by atoms with Crippen molar-refractivity contribution in [3.05, 3.63) is 34.9 Å². The quantitative estimate of drug-likeness (QED) is 0.839. The molecule has 2 fully saturated rings. The van der Waals surface area contributed by atoms with Crippen molar-refractivity contribution < 1.29 is 9.53 Å². The van der Waals surface area contributed by atoms with Gasteiger partial charge in [-0.2, -0.15) is 0 Å². The molecule has 0 bridgehead atoms. The van der Waals surface area contributed by atoms with Crippen molar-refractivity contribution >= 4 is 17.5 Å². The predicted octanol–water partition coefficient (Wildman–Crippen LogP) is 2.67. The molecule has 0 unspecified atom stereocenters. The molecule has 0 aromatic heterocycles. The maximum Gasteiger partial charge on any atom is 0.254 e. The molecule has 1 atom stereocenters. The number of hydrogen-bond acceptors (Lipinski definition) is 3. The van der Waals surface area contributed by atoms with E-state index in [-0.39, 0.29) is 11.9 Å². The zero-order chi connectivity index (χ0) is 15.5. The first-order valence-corrected chi connectivity index (χ1v) is 8.41. The molecule has 4 nitrogen and oxygen atoms in total. The topological polar surface area (TPSA) is 32.8 Å². The van der Waals surface area contributed by atoms with Crippen molar-refractivity contribution in [3.63, 3.8) is 0 Å². The fourth-order valence-electron chi connectivity index (χ4n) is 3.46. The van der Waals surface area contributed by atoms with Crippen molar-refractivity contribution in [3.8, 4) is 0 Å². The Morgan fingerprint density at radius 1 is 1.27 bits per heavy atom. The molecule has 2 saturated heterocycles. The van der Waals surface area contributed by atoms with Crippen LogP contribution in [0.15, 0.2) is 24.3 Å². The third kappa shape index (κ3) is 3.45. The number of hydrogen-bond donors (Lipinski definition) is 0. The van der Waals surface area contributed by atoms with Crippen LogP contribution in [0.2, 0.25) is 5.02 Å². The number of amides is 1. The van der Waals surface area contributed by atoms with Crippen molar-refractivity contribution in [2.24, 2.45) is 0 Å². The van der Waals surface area contributed by atoms with E-state index in [0.717, 1.165) is 45.7 Å². The van der Waals surface area contributed by atoms with Crippen molar-refractivity contribution in [1.82, 2.24) is 9.80 Å². The fraction of sp³-hybridized carbons (Fsp3) is 0.588. The molecule has 1 aromatic carbocycles. The average molecular weight is 323 g/mol. The lowest BCUT2D eigenvalue weighted by atomic mass is 10.0. The molecular formula is C17H23ClN2O2. The van der Waals surface area contributed by atoms with Gasteiger partial charge in [0.15, 0.2) is 0 Å². The molecule has 3 rings (SSSR count). The van der Waals surface area contributed by atoms with Gasteiger partial charge >= 0.3 is 0 Å². The minimum Gasteiger partial charge on any atom is -0.381 e. The van der Waals surface area contributed by atoms with Gasteiger partial charge in [-0.05, 0) is 38.0 Å². The van der Waals surface area contributed by atoms with Gasteiger partial charge in [0.2, 0.25) is 0 Å². The largest absolute Gasteiger partial charge is 0.381 e. The van der Waals surface area contributed by atoms with Crippen LogP contribution < -0.4 is 0 Å². The van der Waals surface area contributed by atoms with Gasteiger partial charge in [0, 0.05) is 55.5 Å². The number of ether oxygens (including phenoxy) is 1. The summed E-state index contributed by atoms with van der Waals surface area (Å²) in [7, 11) is 0. The molecule has 2 aliphatic heterocycles. The number of rotatable bonds is 2. The molecular weight excluding hydrogens is 300 g/mol. The summed E-state index contributed by atoms with van der Waals surface area (Å²) in [5.74, 6) is 0.0848. The maximum absolute atomic E-state index is 12.7. The van der Waals surface area contributed by atoms with Gasteiger partial charge < -0.3 is 9.64 Å². The minimum absolute atomic E-state index is 0.0848. The summed E-state index contributed by atoms with van der Waals surface area (Å²) in [4.78, 5) is 17.2. The summed E-state index contributed by atoms with van der Waals surface area (Å²) in [6.07, 6.45) is 2.21. The second-order valence-electron chi connectivity index (χ2n) is 6.20. The molecule has 2 aliphatic rings. The monoisotopic (exact) mass is 322 g/mol. The van der Waals surface area contributed by atoms with Crippen LogP contribution in [0.1, 0.15) is 30.1 Å². The Morgan fingerprint density at radius 2 is 2.05 bits per heavy atom. The van der Waals surface area contributed by atoms with Gasteiger partial charge in [-0.1, -0.05) is 17.7 Å². The van der Waals surface area contributed by atoms with E-state index in [1.165, 1.54) is 0 Å². The minimum atomic E-state index is 0.0848. The smallest absolute Gasteiger partial charge is 0.254 e. The normalized spacial score (nSPS) is 24.5. The van der Waals surface area contributed by atoms with Gasteiger partial charge in [0.25, 0.3) is 5.91 Å². The molecule has 0 saturated carbocycles. The van der Waals surface area contributed by atoms with E-state index in [9.17, 15) is 4.79 Å². The zero-order valence-electron chi connectivity index (χ0n) is 13.0. The third-order valence-corrected chi connectivity index (χ3v) is 4.93. The Kier molecular flexibility index (Phi) is 5.01. The summed E-state index contributed by atoms with van der Waals surface area (Å²) < 4.78 is 5.44. The second-order valence-corrected chi connectivity index (χ2v) is 6.63. The average Bonchev–Trinajstić information content (AvgIpc) is 2.55. The Hall–Kier alpha value is -1.10. The standard InChI is InChI=1S/C17H23ClN2O2/c1-13-12-19(16-5-9-22-10-6-16)7-8-20(13)17(21)14-3-2-4-15(18)11-14/h2-4,11,13,16H,5-10,12H2,1H3/t13-/m1/s1. The van der Waals surface area contributed by atoms with E-state index in [1.54, 1.807) is 12.1 Å². The van der Waals surface area contributed by atoms with Crippen LogP contribution in [0.5, 0.6) is 0 Å². The summed E-state index contributed by atoms with van der Waals surface area (Å²) in [6, 6.07) is 8.05. The number of piperazine rings is 1. The number of halogens is 1. The highest BCUT2D eigenvalue weighted by atomic mass is 35.5. The first kappa shape index (κ1) is 15.8. The molecule has 0 radical (unpaired) electrons. The highest BCUT2D eigenvalue weighted by Crippen LogP contribution is 2.21. The van der Waals surface area contributed by atoms with Crippen LogP contribution in [0.3, 0.4) is 0 Å². The Balaban J connectivity index is 1.63. The van der Waals surface area contributed by atoms with Gasteiger partial charge in [-0.3, -0.25) is 9.69 Å². The van der Waals surface area contributed by atoms with Gasteiger partial charge in [-0.25, -0.2) is 0 Å². The van der Waals surface area contributed by atoms with Crippen molar-refractivity contribution in [1.29, 1.82) is 0 Å². The maximum atomic E-state index is 12.7. The lowest BCUT2D eigenvalue weighted by Crippen LogP contribution is -2.57. The lowest BCUT2D eigenvalue weighted by molar-refractivity contribution is 0.000713. The van der Waals surface area contributed by atoms with E-state index in [0.29, 0.717) is 16.6 Å². The lowest BCUT2D eigenvalue weighted by Gasteiger charge is -2.44. The SMILES string of the molecule is C[C@@H]1CN(C2CCOCC2)CCN1C(=O)c1cccc(Cl)c1. The molecule has 0 spiro atoms. The molecule has 120 valence electrons. The van der Waals surface area contributed by atoms with Gasteiger partial charge in [-0.15, -0.1) is 0 Å². The summed E-state index contributed by atoms with van der Waals surface area (Å²) >= 11 is 6.00. The van der Waals surface area contributed by atoms with Crippen LogP contribution in [-0.4, -0.2) is 60.6 Å². The summed E-state index contributed by atoms with van der Waals surface area (Å²) in [5.41, 5.74) is 0.680. The predicted molar refractivity (Wildman–Crippen MR) is 87.4 cm³/mol. The van der Waals surface area contributed by atoms with E-state index in [4.69, 9.17) is 16.3 Å². The summed E-state index contributed by atoms with van der Waals surface area (Å²) in [6.45, 7) is 6.53. The zero-order valence-corrected chi connectivity index (χ0v) is 13.8. The fourth-order valence-corrected chi connectivity index (χ4v) is 3.65. The Morgan fingerprint density at radius 3 is 2.73 bits per heavy atom. The third-order valence-electron chi connectivity index (χ3n) is 4.70. The molecule has 22 heavy (non-hydrogen) atoms. The highest BCUT2D eigenvalue weighted by molar-refractivity contribution is 6.30. The number of nitrogens with zero attached hydrogens (tertiary/aromatic N) is 2. The highest BCUT2D eigenvalue weighted by Gasteiger charge is 2.32. The number of carbonyl (C=O) groups is 1. The Labute approximate surface area is 137 Å². The molecule has 5 heteroatoms. The number of benzene rings is 1. The number of carbonyl (C=O) groups excluding carboxylic acids is 1. The van der Waals surface area contributed by atoms with Crippen molar-refractivity contribution in [2.45, 2.75) is 31.8 Å². The van der Waals surface area contributed by atoms with E-state index >= 15 is 0 Å². The van der Waals surface area contributed by atoms with E-state index in [2.05, 4.69) is 11.8 Å².